The SMILES string of the molecule is O=C(CNCc1ccccc1O)Nc1ccccc1Cl. The molecule has 0 aliphatic heterocycles. The van der Waals surface area contributed by atoms with E-state index in [0.717, 1.165) is 5.56 Å². The quantitative estimate of drug-likeness (QED) is 0.793. The van der Waals surface area contributed by atoms with Gasteiger partial charge in [-0.15, -0.1) is 0 Å². The molecule has 0 saturated carbocycles. The largest absolute Gasteiger partial charge is 0.508 e. The Morgan fingerprint density at radius 3 is 2.55 bits per heavy atom. The number of benzene rings is 2. The topological polar surface area (TPSA) is 61.4 Å². The fraction of sp³-hybridized carbons (Fsp3) is 0.133. The van der Waals surface area contributed by atoms with Crippen molar-refractivity contribution in [1.29, 1.82) is 0 Å². The molecule has 0 aliphatic carbocycles. The van der Waals surface area contributed by atoms with Crippen LogP contribution in [0.1, 0.15) is 5.56 Å². The first kappa shape index (κ1) is 14.4. The van der Waals surface area contributed by atoms with Gasteiger partial charge in [0.15, 0.2) is 0 Å². The zero-order valence-electron chi connectivity index (χ0n) is 10.8. The van der Waals surface area contributed by atoms with Crippen molar-refractivity contribution in [3.8, 4) is 5.75 Å². The molecule has 0 unspecified atom stereocenters. The third kappa shape index (κ3) is 3.98. The van der Waals surface area contributed by atoms with Crippen LogP contribution in [0.5, 0.6) is 5.75 Å². The maximum absolute atomic E-state index is 11.7. The summed E-state index contributed by atoms with van der Waals surface area (Å²) in [5, 5.41) is 15.8. The van der Waals surface area contributed by atoms with E-state index < -0.39 is 0 Å². The number of hydrogen-bond donors (Lipinski definition) is 3. The Hall–Kier alpha value is -2.04. The molecule has 0 saturated heterocycles. The van der Waals surface area contributed by atoms with E-state index in [1.807, 2.05) is 6.07 Å². The number of nitrogens with one attached hydrogen (secondary N) is 2. The fourth-order valence-corrected chi connectivity index (χ4v) is 1.91. The van der Waals surface area contributed by atoms with Crippen LogP contribution in [0.15, 0.2) is 48.5 Å². The van der Waals surface area contributed by atoms with Gasteiger partial charge in [0, 0.05) is 12.1 Å². The number of hydrogen-bond acceptors (Lipinski definition) is 3. The van der Waals surface area contributed by atoms with E-state index in [1.54, 1.807) is 42.5 Å². The second kappa shape index (κ2) is 6.93. The molecule has 20 heavy (non-hydrogen) atoms. The van der Waals surface area contributed by atoms with E-state index >= 15 is 0 Å². The van der Waals surface area contributed by atoms with Crippen LogP contribution >= 0.6 is 11.6 Å². The molecule has 0 aromatic heterocycles. The van der Waals surface area contributed by atoms with Crippen molar-refractivity contribution in [2.24, 2.45) is 0 Å². The summed E-state index contributed by atoms with van der Waals surface area (Å²) in [5.74, 6) is 0.0278. The normalized spacial score (nSPS) is 10.2. The highest BCUT2D eigenvalue weighted by Gasteiger charge is 2.05. The molecular weight excluding hydrogens is 276 g/mol. The second-order valence-corrected chi connectivity index (χ2v) is 4.67. The summed E-state index contributed by atoms with van der Waals surface area (Å²) in [6.45, 7) is 0.558. The molecule has 2 aromatic carbocycles. The lowest BCUT2D eigenvalue weighted by Crippen LogP contribution is -2.27. The lowest BCUT2D eigenvalue weighted by Gasteiger charge is -2.08. The van der Waals surface area contributed by atoms with Gasteiger partial charge in [0.05, 0.1) is 17.3 Å². The Labute approximate surface area is 122 Å². The van der Waals surface area contributed by atoms with E-state index in [4.69, 9.17) is 11.6 Å². The van der Waals surface area contributed by atoms with Gasteiger partial charge in [-0.2, -0.15) is 0 Å². The standard InChI is InChI=1S/C15H15ClN2O2/c16-12-6-2-3-7-13(12)18-15(20)10-17-9-11-5-1-4-8-14(11)19/h1-8,17,19H,9-10H2,(H,18,20). The molecule has 0 radical (unpaired) electrons. The van der Waals surface area contributed by atoms with Crippen molar-refractivity contribution >= 4 is 23.2 Å². The number of anilines is 1. The Bertz CT molecular complexity index is 602. The van der Waals surface area contributed by atoms with Gasteiger partial charge in [-0.3, -0.25) is 4.79 Å². The van der Waals surface area contributed by atoms with Crippen molar-refractivity contribution in [2.45, 2.75) is 6.54 Å². The van der Waals surface area contributed by atoms with Crippen LogP contribution < -0.4 is 10.6 Å². The number of phenolic OH excluding ortho intramolecular Hbond substituents is 1. The number of para-hydroxylation sites is 2. The van der Waals surface area contributed by atoms with Gasteiger partial charge in [0.1, 0.15) is 5.75 Å². The van der Waals surface area contributed by atoms with Crippen LogP contribution in [0.25, 0.3) is 0 Å². The maximum Gasteiger partial charge on any atom is 0.238 e. The third-order valence-corrected chi connectivity index (χ3v) is 3.07. The van der Waals surface area contributed by atoms with Crippen LogP contribution in [0.3, 0.4) is 0 Å². The van der Waals surface area contributed by atoms with Crippen LogP contribution in [0, 0.1) is 0 Å². The predicted octanol–water partition coefficient (Wildman–Crippen LogP) is 2.77. The number of halogens is 1. The van der Waals surface area contributed by atoms with Crippen molar-refractivity contribution in [1.82, 2.24) is 5.32 Å². The number of carbonyl (C=O) groups excluding carboxylic acids is 1. The monoisotopic (exact) mass is 290 g/mol. The van der Waals surface area contributed by atoms with Gasteiger partial charge >= 0.3 is 0 Å². The highest BCUT2D eigenvalue weighted by Crippen LogP contribution is 2.20. The first-order valence-corrected chi connectivity index (χ1v) is 6.56. The molecule has 0 spiro atoms. The van der Waals surface area contributed by atoms with Crippen molar-refractivity contribution < 1.29 is 9.90 Å². The maximum atomic E-state index is 11.7. The Morgan fingerprint density at radius 2 is 1.80 bits per heavy atom. The lowest BCUT2D eigenvalue weighted by molar-refractivity contribution is -0.115. The Balaban J connectivity index is 1.82. The van der Waals surface area contributed by atoms with E-state index in [-0.39, 0.29) is 18.2 Å². The number of aromatic hydroxyl groups is 1. The summed E-state index contributed by atoms with van der Waals surface area (Å²) in [7, 11) is 0. The molecule has 0 atom stereocenters. The summed E-state index contributed by atoms with van der Waals surface area (Å²) in [5.41, 5.74) is 1.33. The van der Waals surface area contributed by atoms with Gasteiger partial charge < -0.3 is 15.7 Å². The van der Waals surface area contributed by atoms with Crippen molar-refractivity contribution in [2.75, 3.05) is 11.9 Å². The summed E-state index contributed by atoms with van der Waals surface area (Å²) >= 11 is 5.95. The average molecular weight is 291 g/mol. The molecule has 2 aromatic rings. The summed E-state index contributed by atoms with van der Waals surface area (Å²) < 4.78 is 0. The van der Waals surface area contributed by atoms with Gasteiger partial charge in [0.25, 0.3) is 0 Å². The molecule has 104 valence electrons. The van der Waals surface area contributed by atoms with Gasteiger partial charge in [0.2, 0.25) is 5.91 Å². The Kier molecular flexibility index (Phi) is 4.98. The molecule has 3 N–H and O–H groups in total. The zero-order chi connectivity index (χ0) is 14.4. The molecule has 0 bridgehead atoms. The van der Waals surface area contributed by atoms with E-state index in [1.165, 1.54) is 0 Å². The van der Waals surface area contributed by atoms with Crippen LogP contribution in [0.2, 0.25) is 5.02 Å². The predicted molar refractivity (Wildman–Crippen MR) is 79.9 cm³/mol. The Morgan fingerprint density at radius 1 is 1.10 bits per heavy atom. The fourth-order valence-electron chi connectivity index (χ4n) is 1.73. The van der Waals surface area contributed by atoms with Crippen LogP contribution in [0.4, 0.5) is 5.69 Å². The van der Waals surface area contributed by atoms with Gasteiger partial charge in [-0.05, 0) is 18.2 Å². The average Bonchev–Trinajstić information content (AvgIpc) is 2.43. The molecule has 4 nitrogen and oxygen atoms in total. The minimum Gasteiger partial charge on any atom is -0.508 e. The van der Waals surface area contributed by atoms with Crippen LogP contribution in [-0.2, 0) is 11.3 Å². The highest BCUT2D eigenvalue weighted by atomic mass is 35.5. The molecule has 5 heteroatoms. The van der Waals surface area contributed by atoms with Crippen LogP contribution in [-0.4, -0.2) is 17.6 Å². The molecule has 0 heterocycles. The molecule has 2 rings (SSSR count). The molecular formula is C15H15ClN2O2. The zero-order valence-corrected chi connectivity index (χ0v) is 11.5. The summed E-state index contributed by atoms with van der Waals surface area (Å²) in [6.07, 6.45) is 0. The van der Waals surface area contributed by atoms with E-state index in [2.05, 4.69) is 10.6 Å². The first-order valence-electron chi connectivity index (χ1n) is 6.19. The number of phenols is 1. The number of rotatable bonds is 5. The molecule has 1 amide bonds. The van der Waals surface area contributed by atoms with E-state index in [9.17, 15) is 9.90 Å². The van der Waals surface area contributed by atoms with Crippen molar-refractivity contribution in [3.63, 3.8) is 0 Å². The summed E-state index contributed by atoms with van der Waals surface area (Å²) in [4.78, 5) is 11.7. The molecule has 0 fully saturated rings. The summed E-state index contributed by atoms with van der Waals surface area (Å²) in [6, 6.07) is 14.1. The highest BCUT2D eigenvalue weighted by molar-refractivity contribution is 6.33. The number of carbonyl (C=O) groups is 1. The van der Waals surface area contributed by atoms with Gasteiger partial charge in [-0.25, -0.2) is 0 Å². The van der Waals surface area contributed by atoms with Gasteiger partial charge in [-0.1, -0.05) is 41.9 Å². The third-order valence-electron chi connectivity index (χ3n) is 2.74. The van der Waals surface area contributed by atoms with Crippen molar-refractivity contribution in [3.05, 3.63) is 59.1 Å². The first-order chi connectivity index (χ1) is 9.66. The minimum absolute atomic E-state index is 0.138. The smallest absolute Gasteiger partial charge is 0.238 e. The second-order valence-electron chi connectivity index (χ2n) is 4.26. The minimum atomic E-state index is -0.187. The number of amides is 1. The molecule has 0 aliphatic rings. The van der Waals surface area contributed by atoms with E-state index in [0.29, 0.717) is 17.3 Å². The lowest BCUT2D eigenvalue weighted by atomic mass is 10.2.